The second-order valence-corrected chi connectivity index (χ2v) is 4.90. The van der Waals surface area contributed by atoms with Crippen LogP contribution in [0.2, 0.25) is 0 Å². The van der Waals surface area contributed by atoms with Crippen molar-refractivity contribution in [3.05, 3.63) is 48.0 Å². The second-order valence-electron chi connectivity index (χ2n) is 3.87. The van der Waals surface area contributed by atoms with Crippen LogP contribution in [-0.4, -0.2) is 4.98 Å². The third-order valence-electron chi connectivity index (χ3n) is 2.59. The molecular formula is C13H8F2N2S. The van der Waals surface area contributed by atoms with E-state index in [4.69, 9.17) is 5.73 Å². The van der Waals surface area contributed by atoms with Gasteiger partial charge in [-0.15, -0.1) is 11.3 Å². The number of aromatic nitrogens is 1. The van der Waals surface area contributed by atoms with Gasteiger partial charge in [0.25, 0.3) is 0 Å². The van der Waals surface area contributed by atoms with Gasteiger partial charge in [0.15, 0.2) is 0 Å². The molecule has 0 unspecified atom stereocenters. The van der Waals surface area contributed by atoms with Gasteiger partial charge < -0.3 is 5.73 Å². The Hall–Kier alpha value is -2.01. The third kappa shape index (κ3) is 1.82. The van der Waals surface area contributed by atoms with Crippen LogP contribution >= 0.6 is 11.3 Å². The van der Waals surface area contributed by atoms with Crippen LogP contribution < -0.4 is 5.73 Å². The van der Waals surface area contributed by atoms with Gasteiger partial charge in [-0.3, -0.25) is 0 Å². The quantitative estimate of drug-likeness (QED) is 0.677. The molecule has 0 aliphatic carbocycles. The number of nitrogen functional groups attached to an aromatic ring is 1. The molecule has 2 nitrogen and oxygen atoms in total. The van der Waals surface area contributed by atoms with Crippen LogP contribution in [0.25, 0.3) is 20.8 Å². The minimum atomic E-state index is -0.453. The van der Waals surface area contributed by atoms with Crippen molar-refractivity contribution >= 4 is 27.2 Å². The molecule has 18 heavy (non-hydrogen) atoms. The van der Waals surface area contributed by atoms with E-state index in [1.807, 2.05) is 0 Å². The maximum absolute atomic E-state index is 13.1. The van der Waals surface area contributed by atoms with Gasteiger partial charge in [-0.2, -0.15) is 0 Å². The minimum absolute atomic E-state index is 0.0814. The summed E-state index contributed by atoms with van der Waals surface area (Å²) in [5.41, 5.74) is 6.93. The van der Waals surface area contributed by atoms with Crippen molar-refractivity contribution < 1.29 is 8.78 Å². The fourth-order valence-electron chi connectivity index (χ4n) is 1.70. The summed E-state index contributed by atoms with van der Waals surface area (Å²) in [5, 5.41) is 0.697. The van der Waals surface area contributed by atoms with Gasteiger partial charge in [-0.1, -0.05) is 0 Å². The normalized spacial score (nSPS) is 11.0. The first-order chi connectivity index (χ1) is 8.63. The van der Waals surface area contributed by atoms with Crippen molar-refractivity contribution in [2.75, 3.05) is 5.73 Å². The summed E-state index contributed by atoms with van der Waals surface area (Å²) in [6, 6.07) is 8.89. The zero-order valence-electron chi connectivity index (χ0n) is 9.15. The molecule has 3 aromatic rings. The summed E-state index contributed by atoms with van der Waals surface area (Å²) in [7, 11) is 0. The van der Waals surface area contributed by atoms with Gasteiger partial charge in [0.2, 0.25) is 0 Å². The molecule has 0 fully saturated rings. The molecule has 0 saturated heterocycles. The maximum atomic E-state index is 13.1. The highest BCUT2D eigenvalue weighted by Crippen LogP contribution is 2.31. The van der Waals surface area contributed by atoms with Crippen molar-refractivity contribution in [1.29, 1.82) is 0 Å². The first-order valence-corrected chi connectivity index (χ1v) is 6.06. The van der Waals surface area contributed by atoms with Crippen molar-refractivity contribution in [2.24, 2.45) is 0 Å². The molecule has 2 N–H and O–H groups in total. The highest BCUT2D eigenvalue weighted by atomic mass is 32.1. The van der Waals surface area contributed by atoms with Gasteiger partial charge in [0, 0.05) is 11.6 Å². The lowest BCUT2D eigenvalue weighted by atomic mass is 10.2. The molecule has 0 radical (unpaired) electrons. The van der Waals surface area contributed by atoms with Crippen molar-refractivity contribution in [1.82, 2.24) is 4.98 Å². The molecule has 1 aromatic heterocycles. The van der Waals surface area contributed by atoms with Crippen molar-refractivity contribution in [2.45, 2.75) is 0 Å². The first kappa shape index (κ1) is 11.1. The van der Waals surface area contributed by atoms with E-state index in [9.17, 15) is 8.78 Å². The molecule has 0 saturated carbocycles. The van der Waals surface area contributed by atoms with Crippen LogP contribution in [0, 0.1) is 11.6 Å². The average Bonchev–Trinajstić information content (AvgIpc) is 2.75. The van der Waals surface area contributed by atoms with Crippen LogP contribution in [0.5, 0.6) is 0 Å². The van der Waals surface area contributed by atoms with Crippen LogP contribution in [0.15, 0.2) is 36.4 Å². The summed E-state index contributed by atoms with van der Waals surface area (Å²) < 4.78 is 27.0. The largest absolute Gasteiger partial charge is 0.396 e. The molecule has 2 aromatic carbocycles. The van der Waals surface area contributed by atoms with E-state index >= 15 is 0 Å². The van der Waals surface area contributed by atoms with Crippen molar-refractivity contribution in [3.63, 3.8) is 0 Å². The van der Waals surface area contributed by atoms with Gasteiger partial charge in [-0.05, 0) is 30.3 Å². The Kier molecular flexibility index (Phi) is 2.48. The molecule has 0 spiro atoms. The predicted molar refractivity (Wildman–Crippen MR) is 69.4 cm³/mol. The monoisotopic (exact) mass is 262 g/mol. The van der Waals surface area contributed by atoms with Gasteiger partial charge in [0.1, 0.15) is 16.6 Å². The smallest absolute Gasteiger partial charge is 0.146 e. The van der Waals surface area contributed by atoms with Crippen LogP contribution in [0.1, 0.15) is 0 Å². The Morgan fingerprint density at radius 1 is 1.06 bits per heavy atom. The molecule has 5 heteroatoms. The molecule has 1 heterocycles. The topological polar surface area (TPSA) is 38.9 Å². The van der Waals surface area contributed by atoms with E-state index < -0.39 is 5.82 Å². The second kappa shape index (κ2) is 4.03. The number of benzene rings is 2. The number of nitrogens with zero attached hydrogens (tertiary/aromatic N) is 1. The highest BCUT2D eigenvalue weighted by molar-refractivity contribution is 7.21. The molecule has 90 valence electrons. The number of rotatable bonds is 1. The number of nitrogens with two attached hydrogens (primary N) is 1. The molecule has 0 atom stereocenters. The summed E-state index contributed by atoms with van der Waals surface area (Å²) in [6.45, 7) is 0. The Morgan fingerprint density at radius 3 is 2.67 bits per heavy atom. The van der Waals surface area contributed by atoms with Gasteiger partial charge in [0.05, 0.1) is 15.9 Å². The lowest BCUT2D eigenvalue weighted by Crippen LogP contribution is -1.90. The number of halogens is 2. The van der Waals surface area contributed by atoms with E-state index in [2.05, 4.69) is 4.98 Å². The predicted octanol–water partition coefficient (Wildman–Crippen LogP) is 3.82. The number of fused-ring (bicyclic) bond motifs is 1. The molecular weight excluding hydrogens is 254 g/mol. The molecule has 0 bridgehead atoms. The van der Waals surface area contributed by atoms with Crippen LogP contribution in [0.3, 0.4) is 0 Å². The number of thiazole rings is 1. The summed E-state index contributed by atoms with van der Waals surface area (Å²) >= 11 is 1.42. The SMILES string of the molecule is Nc1cc(-c2nc3cc(F)ccc3s2)ccc1F. The number of hydrogen-bond acceptors (Lipinski definition) is 3. The molecule has 0 amide bonds. The first-order valence-electron chi connectivity index (χ1n) is 5.25. The minimum Gasteiger partial charge on any atom is -0.396 e. The van der Waals surface area contributed by atoms with E-state index in [1.165, 1.54) is 35.6 Å². The average molecular weight is 262 g/mol. The Morgan fingerprint density at radius 2 is 1.89 bits per heavy atom. The fraction of sp³-hybridized carbons (Fsp3) is 0. The van der Waals surface area contributed by atoms with Crippen LogP contribution in [-0.2, 0) is 0 Å². The van der Waals surface area contributed by atoms with E-state index in [-0.39, 0.29) is 11.5 Å². The summed E-state index contributed by atoms with van der Waals surface area (Å²) in [5.74, 6) is -0.774. The van der Waals surface area contributed by atoms with E-state index in [1.54, 1.807) is 12.1 Å². The Labute approximate surface area is 106 Å². The maximum Gasteiger partial charge on any atom is 0.146 e. The zero-order chi connectivity index (χ0) is 12.7. The number of hydrogen-bond donors (Lipinski definition) is 1. The Bertz CT molecular complexity index is 737. The van der Waals surface area contributed by atoms with Crippen LogP contribution in [0.4, 0.5) is 14.5 Å². The van der Waals surface area contributed by atoms with E-state index in [0.29, 0.717) is 10.5 Å². The molecule has 3 rings (SSSR count). The van der Waals surface area contributed by atoms with Gasteiger partial charge >= 0.3 is 0 Å². The summed E-state index contributed by atoms with van der Waals surface area (Å²) in [6.07, 6.45) is 0. The van der Waals surface area contributed by atoms with Gasteiger partial charge in [-0.25, -0.2) is 13.8 Å². The fourth-order valence-corrected chi connectivity index (χ4v) is 2.64. The lowest BCUT2D eigenvalue weighted by molar-refractivity contribution is 0.629. The zero-order valence-corrected chi connectivity index (χ0v) is 9.97. The lowest BCUT2D eigenvalue weighted by Gasteiger charge is -1.99. The Balaban J connectivity index is 2.16. The standard InChI is InChI=1S/C13H8F2N2S/c14-8-2-4-12-11(6-8)17-13(18-12)7-1-3-9(15)10(16)5-7/h1-6H,16H2. The molecule has 0 aliphatic rings. The number of anilines is 1. The highest BCUT2D eigenvalue weighted by Gasteiger charge is 2.08. The van der Waals surface area contributed by atoms with E-state index in [0.717, 1.165) is 10.3 Å². The molecule has 0 aliphatic heterocycles. The van der Waals surface area contributed by atoms with Crippen molar-refractivity contribution in [3.8, 4) is 10.6 Å². The summed E-state index contributed by atoms with van der Waals surface area (Å²) in [4.78, 5) is 4.32. The third-order valence-corrected chi connectivity index (χ3v) is 3.68.